The number of anilines is 1. The number of rotatable bonds is 2. The van der Waals surface area contributed by atoms with Crippen LogP contribution in [0.3, 0.4) is 0 Å². The van der Waals surface area contributed by atoms with E-state index in [4.69, 9.17) is 9.31 Å². The summed E-state index contributed by atoms with van der Waals surface area (Å²) < 4.78 is 12.3. The fourth-order valence-electron chi connectivity index (χ4n) is 4.04. The van der Waals surface area contributed by atoms with Crippen LogP contribution in [-0.4, -0.2) is 38.2 Å². The molecule has 0 amide bonds. The molecule has 3 fully saturated rings. The average molecular weight is 297 g/mol. The summed E-state index contributed by atoms with van der Waals surface area (Å²) in [5.74, 6) is 0.924. The lowest BCUT2D eigenvalue weighted by molar-refractivity contribution is 0.00578. The van der Waals surface area contributed by atoms with Crippen molar-refractivity contribution in [3.63, 3.8) is 0 Å². The third-order valence-corrected chi connectivity index (χ3v) is 6.16. The summed E-state index contributed by atoms with van der Waals surface area (Å²) in [6.45, 7) is 9.63. The predicted molar refractivity (Wildman–Crippen MR) is 93.6 cm³/mol. The lowest BCUT2D eigenvalue weighted by Gasteiger charge is -2.32. The van der Waals surface area contributed by atoms with E-state index < -0.39 is 0 Å². The Balaban J connectivity index is 1.51. The van der Waals surface area contributed by atoms with Gasteiger partial charge in [0.05, 0.1) is 11.2 Å². The Labute approximate surface area is 134 Å². The number of hydrogen-bond donors (Lipinski definition) is 0. The molecule has 116 valence electrons. The van der Waals surface area contributed by atoms with Gasteiger partial charge < -0.3 is 14.2 Å². The summed E-state index contributed by atoms with van der Waals surface area (Å²) in [7, 11) is 1.17. The predicted octanol–water partition coefficient (Wildman–Crippen LogP) is 2.22. The highest BCUT2D eigenvalue weighted by atomic mass is 16.7. The molecule has 5 heteroatoms. The molecule has 3 aliphatic rings. The molecular weight excluding hydrogens is 272 g/mol. The summed E-state index contributed by atoms with van der Waals surface area (Å²) in [5, 5.41) is 0. The zero-order valence-corrected chi connectivity index (χ0v) is 14.1. The van der Waals surface area contributed by atoms with Crippen molar-refractivity contribution in [1.29, 1.82) is 0 Å². The van der Waals surface area contributed by atoms with Gasteiger partial charge in [-0.1, -0.05) is 18.5 Å². The summed E-state index contributed by atoms with van der Waals surface area (Å²) in [5.41, 5.74) is 1.92. The van der Waals surface area contributed by atoms with Gasteiger partial charge in [0.2, 0.25) is 0 Å². The van der Waals surface area contributed by atoms with E-state index in [1.807, 2.05) is 0 Å². The smallest absolute Gasteiger partial charge is 0.399 e. The Morgan fingerprint density at radius 1 is 1.09 bits per heavy atom. The third-order valence-electron chi connectivity index (χ3n) is 6.16. The Bertz CT molecular complexity index is 557. The second-order valence-corrected chi connectivity index (χ2v) is 8.17. The van der Waals surface area contributed by atoms with Crippen molar-refractivity contribution < 1.29 is 9.31 Å². The van der Waals surface area contributed by atoms with Crippen LogP contribution in [0.1, 0.15) is 34.1 Å². The summed E-state index contributed by atoms with van der Waals surface area (Å²) in [6.07, 6.45) is 2.75. The van der Waals surface area contributed by atoms with Crippen LogP contribution in [-0.2, 0) is 9.31 Å². The Kier molecular flexibility index (Phi) is 3.18. The minimum Gasteiger partial charge on any atom is -0.399 e. The third kappa shape index (κ3) is 2.21. The van der Waals surface area contributed by atoms with Gasteiger partial charge in [-0.2, -0.15) is 0 Å². The topological polar surface area (TPSA) is 21.7 Å². The second kappa shape index (κ2) is 4.78. The van der Waals surface area contributed by atoms with Gasteiger partial charge in [0, 0.05) is 18.3 Å². The molecule has 3 aliphatic heterocycles. The van der Waals surface area contributed by atoms with Crippen molar-refractivity contribution in [2.45, 2.75) is 63.5 Å². The van der Waals surface area contributed by atoms with E-state index in [-0.39, 0.29) is 18.3 Å². The highest BCUT2D eigenvalue weighted by Gasteiger charge is 2.51. The maximum Gasteiger partial charge on any atom is 0.494 e. The van der Waals surface area contributed by atoms with E-state index in [0.29, 0.717) is 0 Å². The minimum absolute atomic E-state index is 0.255. The fraction of sp³-hybridized carbons (Fsp3) is 0.647. The van der Waals surface area contributed by atoms with Gasteiger partial charge in [0.15, 0.2) is 0 Å². The fourth-order valence-corrected chi connectivity index (χ4v) is 4.04. The normalized spacial score (nSPS) is 31.6. The van der Waals surface area contributed by atoms with Crippen LogP contribution in [0.25, 0.3) is 0 Å². The highest BCUT2D eigenvalue weighted by Crippen LogP contribution is 2.40. The zero-order valence-electron chi connectivity index (χ0n) is 14.1. The van der Waals surface area contributed by atoms with E-state index in [2.05, 4.69) is 56.9 Å². The minimum atomic E-state index is -0.273. The van der Waals surface area contributed by atoms with Crippen LogP contribution < -0.4 is 10.4 Å². The van der Waals surface area contributed by atoms with Gasteiger partial charge in [-0.15, -0.1) is 0 Å². The van der Waals surface area contributed by atoms with E-state index >= 15 is 0 Å². The SMILES string of the molecule is CC1(C)OB(c2ccc(N3C[C@H]4BC[C@@H]3C4)cc2)OC1(C)C. The highest BCUT2D eigenvalue weighted by molar-refractivity contribution is 6.62. The van der Waals surface area contributed by atoms with Gasteiger partial charge >= 0.3 is 7.12 Å². The maximum atomic E-state index is 6.13. The average Bonchev–Trinajstić information content (AvgIpc) is 3.13. The van der Waals surface area contributed by atoms with Gasteiger partial charge in [0.25, 0.3) is 0 Å². The van der Waals surface area contributed by atoms with Crippen molar-refractivity contribution in [2.24, 2.45) is 0 Å². The van der Waals surface area contributed by atoms with Crippen molar-refractivity contribution in [1.82, 2.24) is 0 Å². The molecule has 0 aromatic heterocycles. The first kappa shape index (κ1) is 14.6. The first-order chi connectivity index (χ1) is 10.4. The lowest BCUT2D eigenvalue weighted by atomic mass is 9.66. The van der Waals surface area contributed by atoms with Gasteiger partial charge in [-0.3, -0.25) is 0 Å². The van der Waals surface area contributed by atoms with Crippen LogP contribution in [0.15, 0.2) is 24.3 Å². The Morgan fingerprint density at radius 2 is 1.73 bits per heavy atom. The number of benzene rings is 1. The molecule has 3 saturated heterocycles. The number of hydrogen-bond acceptors (Lipinski definition) is 3. The van der Waals surface area contributed by atoms with Crippen molar-refractivity contribution >= 4 is 25.5 Å². The van der Waals surface area contributed by atoms with Crippen LogP contribution >= 0.6 is 0 Å². The molecule has 3 nitrogen and oxygen atoms in total. The van der Waals surface area contributed by atoms with Gasteiger partial charge in [0.1, 0.15) is 7.28 Å². The van der Waals surface area contributed by atoms with E-state index in [0.717, 1.165) is 17.3 Å². The molecule has 0 aliphatic carbocycles. The van der Waals surface area contributed by atoms with Crippen LogP contribution in [0.5, 0.6) is 0 Å². The molecule has 0 radical (unpaired) electrons. The largest absolute Gasteiger partial charge is 0.494 e. The molecule has 1 aromatic carbocycles. The standard InChI is InChI=1S/C17H25B2NO2/c1-16(2)17(3,4)22-19(21-16)13-5-7-14(8-6-13)20-11-12-9-15(20)10-18-12/h5-8,12,15,18H,9-11H2,1-4H3/t12-,15-/m0/s1. The molecule has 4 rings (SSSR count). The van der Waals surface area contributed by atoms with Crippen molar-refractivity contribution in [3.05, 3.63) is 24.3 Å². The Hall–Kier alpha value is -0.930. The molecule has 0 N–H and O–H groups in total. The number of fused-ring (bicyclic) bond motifs is 2. The van der Waals surface area contributed by atoms with Crippen LogP contribution in [0.4, 0.5) is 5.69 Å². The molecule has 2 atom stereocenters. The second-order valence-electron chi connectivity index (χ2n) is 8.17. The summed E-state index contributed by atoms with van der Waals surface area (Å²) in [4.78, 5) is 2.59. The van der Waals surface area contributed by atoms with Gasteiger partial charge in [-0.25, -0.2) is 0 Å². The maximum absolute atomic E-state index is 6.13. The van der Waals surface area contributed by atoms with Gasteiger partial charge in [-0.05, 0) is 57.5 Å². The monoisotopic (exact) mass is 297 g/mol. The quantitative estimate of drug-likeness (QED) is 0.781. The van der Waals surface area contributed by atoms with E-state index in [1.54, 1.807) is 0 Å². The molecule has 2 bridgehead atoms. The molecule has 22 heavy (non-hydrogen) atoms. The lowest BCUT2D eigenvalue weighted by Crippen LogP contribution is -2.41. The van der Waals surface area contributed by atoms with Crippen molar-refractivity contribution in [3.8, 4) is 0 Å². The van der Waals surface area contributed by atoms with Crippen molar-refractivity contribution in [2.75, 3.05) is 11.4 Å². The molecule has 3 heterocycles. The van der Waals surface area contributed by atoms with Crippen LogP contribution in [0, 0.1) is 0 Å². The molecule has 0 unspecified atom stereocenters. The molecule has 0 spiro atoms. The molecule has 1 aromatic rings. The molecular formula is C17H25B2NO2. The van der Waals surface area contributed by atoms with E-state index in [1.165, 1.54) is 32.3 Å². The first-order valence-corrected chi connectivity index (χ1v) is 8.58. The van der Waals surface area contributed by atoms with E-state index in [9.17, 15) is 0 Å². The summed E-state index contributed by atoms with van der Waals surface area (Å²) >= 11 is 0. The molecule has 0 saturated carbocycles. The Morgan fingerprint density at radius 3 is 2.23 bits per heavy atom. The zero-order chi connectivity index (χ0) is 15.5. The van der Waals surface area contributed by atoms with Crippen LogP contribution in [0.2, 0.25) is 12.1 Å². The summed E-state index contributed by atoms with van der Waals surface area (Å²) in [6, 6.07) is 9.59. The number of nitrogens with zero attached hydrogens (tertiary/aromatic N) is 1. The first-order valence-electron chi connectivity index (χ1n) is 8.58.